The molecule has 18 heavy (non-hydrogen) atoms. The minimum absolute atomic E-state index is 0.755. The number of aromatic nitrogens is 3. The van der Waals surface area contributed by atoms with Crippen molar-refractivity contribution in [3.8, 4) is 0 Å². The van der Waals surface area contributed by atoms with Crippen molar-refractivity contribution >= 4 is 0 Å². The van der Waals surface area contributed by atoms with Gasteiger partial charge in [-0.15, -0.1) is 0 Å². The molecule has 0 aromatic carbocycles. The van der Waals surface area contributed by atoms with Gasteiger partial charge in [0.25, 0.3) is 0 Å². The maximum Gasteiger partial charge on any atom is 0.0724 e. The lowest BCUT2D eigenvalue weighted by Crippen LogP contribution is -2.16. The number of hydrogen-bond acceptors (Lipinski definition) is 3. The van der Waals surface area contributed by atoms with Gasteiger partial charge in [0, 0.05) is 43.9 Å². The van der Waals surface area contributed by atoms with Crippen LogP contribution in [0.5, 0.6) is 0 Å². The quantitative estimate of drug-likeness (QED) is 0.847. The minimum atomic E-state index is 0.755. The third-order valence-electron chi connectivity index (χ3n) is 2.83. The zero-order valence-corrected chi connectivity index (χ0v) is 11.1. The molecular weight excluding hydrogens is 224 g/mol. The smallest absolute Gasteiger partial charge is 0.0724 e. The summed E-state index contributed by atoms with van der Waals surface area (Å²) < 4.78 is 2.29. The van der Waals surface area contributed by atoms with E-state index in [1.165, 1.54) is 5.69 Å². The van der Waals surface area contributed by atoms with E-state index in [0.29, 0.717) is 0 Å². The van der Waals surface area contributed by atoms with Gasteiger partial charge in [-0.05, 0) is 25.5 Å². The first-order valence-corrected chi connectivity index (χ1v) is 6.42. The van der Waals surface area contributed by atoms with Crippen LogP contribution in [0.1, 0.15) is 30.4 Å². The van der Waals surface area contributed by atoms with Gasteiger partial charge in [-0.2, -0.15) is 0 Å². The second-order valence-corrected chi connectivity index (χ2v) is 4.45. The fraction of sp³-hybridized carbons (Fsp3) is 0.429. The molecular formula is C14H20N4. The number of rotatable bonds is 6. The predicted octanol–water partition coefficient (Wildman–Crippen LogP) is 2.29. The predicted molar refractivity (Wildman–Crippen MR) is 72.0 cm³/mol. The molecule has 0 atom stereocenters. The van der Waals surface area contributed by atoms with Crippen LogP contribution in [0.2, 0.25) is 0 Å². The average Bonchev–Trinajstić information content (AvgIpc) is 2.80. The lowest BCUT2D eigenvalue weighted by molar-refractivity contribution is 0.597. The van der Waals surface area contributed by atoms with Gasteiger partial charge in [0.05, 0.1) is 11.4 Å². The number of aryl methyl sites for hydroxylation is 2. The summed E-state index contributed by atoms with van der Waals surface area (Å²) in [6, 6.07) is 4.25. The monoisotopic (exact) mass is 244 g/mol. The van der Waals surface area contributed by atoms with E-state index in [2.05, 4.69) is 45.1 Å². The highest BCUT2D eigenvalue weighted by Crippen LogP contribution is 2.03. The van der Waals surface area contributed by atoms with Crippen molar-refractivity contribution in [2.24, 2.45) is 0 Å². The molecule has 0 bridgehead atoms. The van der Waals surface area contributed by atoms with E-state index in [-0.39, 0.29) is 0 Å². The Balaban J connectivity index is 1.84. The molecule has 0 spiro atoms. The molecule has 0 radical (unpaired) electrons. The van der Waals surface area contributed by atoms with Crippen molar-refractivity contribution in [3.05, 3.63) is 47.8 Å². The topological polar surface area (TPSA) is 42.7 Å². The van der Waals surface area contributed by atoms with E-state index in [1.807, 2.05) is 13.1 Å². The molecule has 0 aliphatic carbocycles. The average molecular weight is 244 g/mol. The Morgan fingerprint density at radius 1 is 1.22 bits per heavy atom. The molecule has 2 heterocycles. The molecule has 2 rings (SSSR count). The van der Waals surface area contributed by atoms with Crippen molar-refractivity contribution < 1.29 is 0 Å². The van der Waals surface area contributed by atoms with E-state index >= 15 is 0 Å². The lowest BCUT2D eigenvalue weighted by Gasteiger charge is -2.08. The Hall–Kier alpha value is -1.68. The van der Waals surface area contributed by atoms with Gasteiger partial charge in [0.2, 0.25) is 0 Å². The third kappa shape index (κ3) is 3.40. The first-order chi connectivity index (χ1) is 8.79. The van der Waals surface area contributed by atoms with Gasteiger partial charge in [0.15, 0.2) is 0 Å². The van der Waals surface area contributed by atoms with Crippen LogP contribution in [0.25, 0.3) is 0 Å². The molecule has 0 fully saturated rings. The Morgan fingerprint density at radius 2 is 2.11 bits per heavy atom. The molecule has 0 unspecified atom stereocenters. The molecule has 0 amide bonds. The Kier molecular flexibility index (Phi) is 4.47. The summed E-state index contributed by atoms with van der Waals surface area (Å²) in [5, 5.41) is 3.40. The summed E-state index contributed by atoms with van der Waals surface area (Å²) >= 11 is 0. The minimum Gasteiger partial charge on any atom is -0.350 e. The zero-order valence-electron chi connectivity index (χ0n) is 11.1. The second kappa shape index (κ2) is 6.31. The van der Waals surface area contributed by atoms with Crippen LogP contribution in [0.15, 0.2) is 30.7 Å². The molecule has 4 nitrogen and oxygen atoms in total. The normalized spacial score (nSPS) is 10.8. The number of nitrogens with one attached hydrogen (secondary N) is 1. The van der Waals surface area contributed by atoms with Gasteiger partial charge in [-0.3, -0.25) is 9.97 Å². The maximum absolute atomic E-state index is 4.32. The Bertz CT molecular complexity index is 473. The maximum atomic E-state index is 4.32. The van der Waals surface area contributed by atoms with Crippen LogP contribution < -0.4 is 5.32 Å². The van der Waals surface area contributed by atoms with E-state index < -0.39 is 0 Å². The molecule has 0 saturated carbocycles. The van der Waals surface area contributed by atoms with Crippen molar-refractivity contribution in [2.45, 2.75) is 39.9 Å². The van der Waals surface area contributed by atoms with Crippen LogP contribution in [0, 0.1) is 6.92 Å². The fourth-order valence-electron chi connectivity index (χ4n) is 1.90. The highest BCUT2D eigenvalue weighted by atomic mass is 15.0. The van der Waals surface area contributed by atoms with Gasteiger partial charge in [-0.1, -0.05) is 6.92 Å². The van der Waals surface area contributed by atoms with Crippen LogP contribution >= 0.6 is 0 Å². The second-order valence-electron chi connectivity index (χ2n) is 4.45. The molecule has 0 aliphatic heterocycles. The Labute approximate surface area is 108 Å². The third-order valence-corrected chi connectivity index (χ3v) is 2.83. The summed E-state index contributed by atoms with van der Waals surface area (Å²) in [6.07, 6.45) is 6.92. The van der Waals surface area contributed by atoms with E-state index in [0.717, 1.165) is 37.4 Å². The van der Waals surface area contributed by atoms with Gasteiger partial charge in [-0.25, -0.2) is 0 Å². The summed E-state index contributed by atoms with van der Waals surface area (Å²) in [4.78, 5) is 8.56. The summed E-state index contributed by atoms with van der Waals surface area (Å²) in [5.41, 5.74) is 3.25. The zero-order chi connectivity index (χ0) is 12.8. The van der Waals surface area contributed by atoms with E-state index in [1.54, 1.807) is 6.20 Å². The highest BCUT2D eigenvalue weighted by Gasteiger charge is 2.00. The van der Waals surface area contributed by atoms with Gasteiger partial charge in [0.1, 0.15) is 0 Å². The molecule has 0 saturated heterocycles. The Morgan fingerprint density at radius 3 is 2.83 bits per heavy atom. The first-order valence-electron chi connectivity index (χ1n) is 6.42. The summed E-state index contributed by atoms with van der Waals surface area (Å²) in [5.74, 6) is 0. The molecule has 4 heteroatoms. The van der Waals surface area contributed by atoms with Crippen LogP contribution in [-0.4, -0.2) is 14.5 Å². The van der Waals surface area contributed by atoms with E-state index in [4.69, 9.17) is 0 Å². The lowest BCUT2D eigenvalue weighted by atomic mass is 10.3. The first kappa shape index (κ1) is 12.8. The largest absolute Gasteiger partial charge is 0.350 e. The molecule has 2 aromatic rings. The summed E-state index contributed by atoms with van der Waals surface area (Å²) in [7, 11) is 0. The molecule has 96 valence electrons. The van der Waals surface area contributed by atoms with Crippen LogP contribution in [0.3, 0.4) is 0 Å². The van der Waals surface area contributed by atoms with Gasteiger partial charge < -0.3 is 9.88 Å². The van der Waals surface area contributed by atoms with Crippen molar-refractivity contribution in [1.82, 2.24) is 19.9 Å². The van der Waals surface area contributed by atoms with Crippen LogP contribution in [0.4, 0.5) is 0 Å². The molecule has 2 aromatic heterocycles. The number of nitrogens with zero attached hydrogens (tertiary/aromatic N) is 3. The SMILES string of the molecule is CCCn1cccc1CNCc1cnc(C)cn1. The van der Waals surface area contributed by atoms with Gasteiger partial charge >= 0.3 is 0 Å². The van der Waals surface area contributed by atoms with E-state index in [9.17, 15) is 0 Å². The van der Waals surface area contributed by atoms with Crippen molar-refractivity contribution in [1.29, 1.82) is 0 Å². The fourth-order valence-corrected chi connectivity index (χ4v) is 1.90. The molecule has 0 aliphatic rings. The highest BCUT2D eigenvalue weighted by molar-refractivity contribution is 5.07. The standard InChI is InChI=1S/C14H20N4/c1-3-6-18-7-4-5-14(18)11-15-9-13-10-16-12(2)8-17-13/h4-5,7-8,10,15H,3,6,9,11H2,1-2H3. The van der Waals surface area contributed by atoms with Crippen molar-refractivity contribution in [2.75, 3.05) is 0 Å². The summed E-state index contributed by atoms with van der Waals surface area (Å²) in [6.45, 7) is 6.84. The molecule has 1 N–H and O–H groups in total. The van der Waals surface area contributed by atoms with Crippen LogP contribution in [-0.2, 0) is 19.6 Å². The number of hydrogen-bond donors (Lipinski definition) is 1. The van der Waals surface area contributed by atoms with Crippen molar-refractivity contribution in [3.63, 3.8) is 0 Å².